The van der Waals surface area contributed by atoms with Gasteiger partial charge in [-0.05, 0) is 49.0 Å². The lowest BCUT2D eigenvalue weighted by atomic mass is 10.1. The monoisotopic (exact) mass is 342 g/mol. The van der Waals surface area contributed by atoms with E-state index in [4.69, 9.17) is 17.0 Å². The van der Waals surface area contributed by atoms with Crippen LogP contribution in [-0.2, 0) is 4.74 Å². The third-order valence-corrected chi connectivity index (χ3v) is 4.26. The number of ether oxygens (including phenoxy) is 1. The average Bonchev–Trinajstić information content (AvgIpc) is 2.63. The number of nitrogens with one attached hydrogen (secondary N) is 2. The van der Waals surface area contributed by atoms with Gasteiger partial charge in [0.1, 0.15) is 0 Å². The number of hydrogen-bond acceptors (Lipinski definition) is 4. The molecule has 5 nitrogen and oxygen atoms in total. The van der Waals surface area contributed by atoms with Crippen LogP contribution in [0.2, 0.25) is 0 Å². The number of anilines is 2. The van der Waals surface area contributed by atoms with Crippen LogP contribution in [-0.4, -0.2) is 36.4 Å². The van der Waals surface area contributed by atoms with Crippen molar-refractivity contribution >= 4 is 28.7 Å². The summed E-state index contributed by atoms with van der Waals surface area (Å²) in [6.45, 7) is 5.60. The molecule has 0 radical (unpaired) electrons. The van der Waals surface area contributed by atoms with E-state index in [0.717, 1.165) is 32.0 Å². The van der Waals surface area contributed by atoms with E-state index in [1.807, 2.05) is 12.1 Å². The summed E-state index contributed by atoms with van der Waals surface area (Å²) in [5.74, 6) is 0. The zero-order valence-electron chi connectivity index (χ0n) is 13.7. The van der Waals surface area contributed by atoms with Crippen LogP contribution < -0.4 is 15.5 Å². The third-order valence-electron chi connectivity index (χ3n) is 4.04. The highest BCUT2D eigenvalue weighted by atomic mass is 32.1. The van der Waals surface area contributed by atoms with Gasteiger partial charge in [0, 0.05) is 25.0 Å². The lowest BCUT2D eigenvalue weighted by Gasteiger charge is -2.29. The first-order valence-corrected chi connectivity index (χ1v) is 8.53. The van der Waals surface area contributed by atoms with Crippen LogP contribution >= 0.6 is 12.2 Å². The van der Waals surface area contributed by atoms with E-state index in [1.165, 1.54) is 11.3 Å². The van der Waals surface area contributed by atoms with Crippen molar-refractivity contribution in [2.75, 3.05) is 36.5 Å². The minimum atomic E-state index is 0.125. The number of rotatable bonds is 4. The second-order valence-corrected chi connectivity index (χ2v) is 6.16. The maximum Gasteiger partial charge on any atom is 0.171 e. The second kappa shape index (κ2) is 8.08. The highest BCUT2D eigenvalue weighted by molar-refractivity contribution is 7.80. The number of pyridine rings is 1. The summed E-state index contributed by atoms with van der Waals surface area (Å²) in [5, 5.41) is 7.03. The summed E-state index contributed by atoms with van der Waals surface area (Å²) in [6.07, 6.45) is 3.48. The minimum Gasteiger partial charge on any atom is -0.378 e. The Labute approximate surface area is 148 Å². The Morgan fingerprint density at radius 2 is 1.96 bits per heavy atom. The van der Waals surface area contributed by atoms with Crippen molar-refractivity contribution in [2.24, 2.45) is 0 Å². The maximum absolute atomic E-state index is 5.40. The number of thiocarbonyl (C=S) groups is 1. The van der Waals surface area contributed by atoms with Crippen LogP contribution in [0.4, 0.5) is 11.4 Å². The van der Waals surface area contributed by atoms with Gasteiger partial charge in [0.25, 0.3) is 0 Å². The van der Waals surface area contributed by atoms with Crippen molar-refractivity contribution in [3.05, 3.63) is 54.4 Å². The van der Waals surface area contributed by atoms with Crippen LogP contribution in [0.1, 0.15) is 18.5 Å². The first-order valence-electron chi connectivity index (χ1n) is 8.12. The molecule has 2 N–H and O–H groups in total. The van der Waals surface area contributed by atoms with Crippen LogP contribution in [0.25, 0.3) is 0 Å². The van der Waals surface area contributed by atoms with Gasteiger partial charge in [0.05, 0.1) is 31.1 Å². The molecule has 1 fully saturated rings. The Morgan fingerprint density at radius 1 is 1.21 bits per heavy atom. The van der Waals surface area contributed by atoms with Crippen molar-refractivity contribution in [1.29, 1.82) is 0 Å². The molecule has 1 atom stereocenters. The first kappa shape index (κ1) is 16.7. The molecular weight excluding hydrogens is 320 g/mol. The Morgan fingerprint density at radius 3 is 2.62 bits per heavy atom. The molecule has 3 rings (SSSR count). The first-order chi connectivity index (χ1) is 11.7. The van der Waals surface area contributed by atoms with Gasteiger partial charge in [-0.25, -0.2) is 0 Å². The summed E-state index contributed by atoms with van der Waals surface area (Å²) in [7, 11) is 0. The van der Waals surface area contributed by atoms with E-state index < -0.39 is 0 Å². The van der Waals surface area contributed by atoms with Crippen LogP contribution in [0.3, 0.4) is 0 Å². The summed E-state index contributed by atoms with van der Waals surface area (Å²) < 4.78 is 5.40. The molecule has 126 valence electrons. The smallest absolute Gasteiger partial charge is 0.171 e. The Kier molecular flexibility index (Phi) is 5.61. The molecule has 0 unspecified atom stereocenters. The van der Waals surface area contributed by atoms with Crippen molar-refractivity contribution in [3.63, 3.8) is 0 Å². The molecule has 1 aromatic heterocycles. The molecule has 6 heteroatoms. The lowest BCUT2D eigenvalue weighted by molar-refractivity contribution is 0.122. The van der Waals surface area contributed by atoms with E-state index >= 15 is 0 Å². The molecule has 2 aromatic rings. The fourth-order valence-corrected chi connectivity index (χ4v) is 2.97. The van der Waals surface area contributed by atoms with Crippen LogP contribution in [0.15, 0.2) is 48.8 Å². The van der Waals surface area contributed by atoms with E-state index in [2.05, 4.69) is 51.7 Å². The standard InChI is InChI=1S/C18H22N4OS/c1-14(20-18(24)21-16-3-2-8-19-13-16)15-4-6-17(7-5-15)22-9-11-23-12-10-22/h2-8,13-14H,9-12H2,1H3,(H2,20,21,24)/t14-/m1/s1. The van der Waals surface area contributed by atoms with Gasteiger partial charge in [-0.3, -0.25) is 4.98 Å². The maximum atomic E-state index is 5.40. The Bertz CT molecular complexity index is 656. The molecule has 0 bridgehead atoms. The molecule has 0 amide bonds. The molecule has 0 saturated carbocycles. The molecular formula is C18H22N4OS. The van der Waals surface area contributed by atoms with Gasteiger partial charge in [-0.1, -0.05) is 12.1 Å². The summed E-state index contributed by atoms with van der Waals surface area (Å²) in [6, 6.07) is 12.6. The SMILES string of the molecule is C[C@@H](NC(=S)Nc1cccnc1)c1ccc(N2CCOCC2)cc1. The van der Waals surface area contributed by atoms with E-state index in [1.54, 1.807) is 12.4 Å². The number of aromatic nitrogens is 1. The minimum absolute atomic E-state index is 0.125. The molecule has 0 aliphatic carbocycles. The zero-order valence-corrected chi connectivity index (χ0v) is 14.6. The summed E-state index contributed by atoms with van der Waals surface area (Å²) >= 11 is 5.37. The van der Waals surface area contributed by atoms with Crippen LogP contribution in [0.5, 0.6) is 0 Å². The van der Waals surface area contributed by atoms with Gasteiger partial charge in [-0.2, -0.15) is 0 Å². The topological polar surface area (TPSA) is 49.4 Å². The van der Waals surface area contributed by atoms with E-state index in [-0.39, 0.29) is 6.04 Å². The van der Waals surface area contributed by atoms with Gasteiger partial charge in [0.15, 0.2) is 5.11 Å². The fourth-order valence-electron chi connectivity index (χ4n) is 2.68. The average molecular weight is 342 g/mol. The van der Waals surface area contributed by atoms with Crippen molar-refractivity contribution in [2.45, 2.75) is 13.0 Å². The predicted molar refractivity (Wildman–Crippen MR) is 101 cm³/mol. The lowest BCUT2D eigenvalue weighted by Crippen LogP contribution is -2.36. The number of hydrogen-bond donors (Lipinski definition) is 2. The van der Waals surface area contributed by atoms with Crippen LogP contribution in [0, 0.1) is 0 Å². The number of morpholine rings is 1. The molecule has 24 heavy (non-hydrogen) atoms. The Hall–Kier alpha value is -2.18. The van der Waals surface area contributed by atoms with E-state index in [9.17, 15) is 0 Å². The van der Waals surface area contributed by atoms with E-state index in [0.29, 0.717) is 5.11 Å². The zero-order chi connectivity index (χ0) is 16.8. The van der Waals surface area contributed by atoms with Crippen molar-refractivity contribution in [3.8, 4) is 0 Å². The van der Waals surface area contributed by atoms with Gasteiger partial charge < -0.3 is 20.3 Å². The molecule has 2 heterocycles. The van der Waals surface area contributed by atoms with Crippen molar-refractivity contribution < 1.29 is 4.74 Å². The summed E-state index contributed by atoms with van der Waals surface area (Å²) in [4.78, 5) is 6.41. The second-order valence-electron chi connectivity index (χ2n) is 5.75. The summed E-state index contributed by atoms with van der Waals surface area (Å²) in [5.41, 5.74) is 3.32. The molecule has 0 spiro atoms. The molecule has 1 aromatic carbocycles. The van der Waals surface area contributed by atoms with Gasteiger partial charge >= 0.3 is 0 Å². The van der Waals surface area contributed by atoms with Gasteiger partial charge in [0.2, 0.25) is 0 Å². The fraction of sp³-hybridized carbons (Fsp3) is 0.333. The highest BCUT2D eigenvalue weighted by Crippen LogP contribution is 2.20. The number of benzene rings is 1. The predicted octanol–water partition coefficient (Wildman–Crippen LogP) is 2.97. The highest BCUT2D eigenvalue weighted by Gasteiger charge is 2.12. The van der Waals surface area contributed by atoms with Crippen molar-refractivity contribution in [1.82, 2.24) is 10.3 Å². The third kappa shape index (κ3) is 4.43. The molecule has 1 saturated heterocycles. The molecule has 1 aliphatic heterocycles. The Balaban J connectivity index is 1.56. The van der Waals surface area contributed by atoms with Gasteiger partial charge in [-0.15, -0.1) is 0 Å². The molecule has 1 aliphatic rings. The normalized spacial score (nSPS) is 15.6. The number of nitrogens with zero attached hydrogens (tertiary/aromatic N) is 2. The largest absolute Gasteiger partial charge is 0.378 e. The quantitative estimate of drug-likeness (QED) is 0.833.